The molecule has 0 bridgehead atoms. The van der Waals surface area contributed by atoms with Crippen molar-refractivity contribution in [2.24, 2.45) is 0 Å². The van der Waals surface area contributed by atoms with Gasteiger partial charge in [-0.2, -0.15) is 0 Å². The van der Waals surface area contributed by atoms with Crippen LogP contribution >= 0.6 is 45.2 Å². The zero-order valence-electron chi connectivity index (χ0n) is 6.78. The van der Waals surface area contributed by atoms with Crippen molar-refractivity contribution < 1.29 is 10.0 Å². The molecule has 0 radical (unpaired) electrons. The van der Waals surface area contributed by atoms with Gasteiger partial charge >= 0.3 is 0 Å². The summed E-state index contributed by atoms with van der Waals surface area (Å²) in [6.45, 7) is 0. The molecule has 74 valence electrons. The lowest BCUT2D eigenvalue weighted by Crippen LogP contribution is -1.86. The second kappa shape index (κ2) is 4.91. The molecule has 0 fully saturated rings. The Morgan fingerprint density at radius 1 is 1.43 bits per heavy atom. The first-order valence-electron chi connectivity index (χ1n) is 3.50. The number of halogens is 2. The van der Waals surface area contributed by atoms with Gasteiger partial charge in [0.1, 0.15) is 5.75 Å². The molecule has 14 heavy (non-hydrogen) atoms. The molecule has 0 atom stereocenters. The minimum absolute atomic E-state index is 0.0733. The number of nitrogens with zero attached hydrogens (tertiary/aromatic N) is 1. The standard InChI is InChI=1S/C8H5I2NO3/c9-6-3-5(1-2-11(13)14)8(12)7(10)4-6/h1-4,12H/b2-1+. The molecule has 1 aromatic carbocycles. The monoisotopic (exact) mass is 417 g/mol. The highest BCUT2D eigenvalue weighted by Crippen LogP contribution is 2.27. The molecule has 1 N–H and O–H groups in total. The summed E-state index contributed by atoms with van der Waals surface area (Å²) in [7, 11) is 0. The summed E-state index contributed by atoms with van der Waals surface area (Å²) in [5.74, 6) is 0.0733. The molecule has 0 heterocycles. The predicted octanol–water partition coefficient (Wildman–Crippen LogP) is 2.85. The number of rotatable bonds is 2. The maximum atomic E-state index is 10.1. The predicted molar refractivity (Wildman–Crippen MR) is 69.6 cm³/mol. The molecule has 0 aliphatic carbocycles. The Kier molecular flexibility index (Phi) is 4.11. The quantitative estimate of drug-likeness (QED) is 0.458. The van der Waals surface area contributed by atoms with Crippen molar-refractivity contribution in [3.05, 3.63) is 41.2 Å². The molecule has 0 aromatic heterocycles. The van der Waals surface area contributed by atoms with E-state index in [1.807, 2.05) is 22.6 Å². The van der Waals surface area contributed by atoms with Crippen molar-refractivity contribution in [2.75, 3.05) is 0 Å². The maximum Gasteiger partial charge on any atom is 0.235 e. The van der Waals surface area contributed by atoms with Crippen LogP contribution in [0.3, 0.4) is 0 Å². The maximum absolute atomic E-state index is 10.1. The van der Waals surface area contributed by atoms with Crippen LogP contribution in [-0.2, 0) is 0 Å². The molecule has 0 aliphatic rings. The number of benzene rings is 1. The van der Waals surface area contributed by atoms with E-state index in [1.165, 1.54) is 6.08 Å². The van der Waals surface area contributed by atoms with Gasteiger partial charge in [-0.3, -0.25) is 10.1 Å². The van der Waals surface area contributed by atoms with E-state index in [0.717, 1.165) is 9.77 Å². The third kappa shape index (κ3) is 3.08. The van der Waals surface area contributed by atoms with Crippen molar-refractivity contribution in [1.29, 1.82) is 0 Å². The van der Waals surface area contributed by atoms with Crippen LogP contribution in [0, 0.1) is 17.3 Å². The first-order chi connectivity index (χ1) is 6.50. The van der Waals surface area contributed by atoms with Gasteiger partial charge in [-0.25, -0.2) is 0 Å². The van der Waals surface area contributed by atoms with E-state index in [1.54, 1.807) is 12.1 Å². The Morgan fingerprint density at radius 3 is 2.64 bits per heavy atom. The SMILES string of the molecule is O=[N+]([O-])/C=C/c1cc(I)cc(I)c1O. The molecule has 4 nitrogen and oxygen atoms in total. The van der Waals surface area contributed by atoms with Gasteiger partial charge in [0.05, 0.1) is 8.49 Å². The van der Waals surface area contributed by atoms with Gasteiger partial charge in [0, 0.05) is 15.2 Å². The lowest BCUT2D eigenvalue weighted by atomic mass is 10.2. The van der Waals surface area contributed by atoms with Gasteiger partial charge in [0.25, 0.3) is 0 Å². The Balaban J connectivity index is 3.14. The number of nitro groups is 1. The average molecular weight is 417 g/mol. The Labute approximate surface area is 107 Å². The Hall–Kier alpha value is -0.380. The van der Waals surface area contributed by atoms with Crippen LogP contribution < -0.4 is 0 Å². The van der Waals surface area contributed by atoms with Crippen LogP contribution in [0.2, 0.25) is 0 Å². The first kappa shape index (κ1) is 11.7. The molecule has 6 heteroatoms. The van der Waals surface area contributed by atoms with E-state index in [0.29, 0.717) is 9.13 Å². The second-order valence-corrected chi connectivity index (χ2v) is 4.83. The fourth-order valence-corrected chi connectivity index (χ4v) is 2.74. The van der Waals surface area contributed by atoms with E-state index >= 15 is 0 Å². The van der Waals surface area contributed by atoms with Gasteiger partial charge in [-0.15, -0.1) is 0 Å². The number of hydrogen-bond donors (Lipinski definition) is 1. The van der Waals surface area contributed by atoms with E-state index in [-0.39, 0.29) is 5.75 Å². The van der Waals surface area contributed by atoms with Gasteiger partial charge in [-0.1, -0.05) is 0 Å². The molecular weight excluding hydrogens is 412 g/mol. The minimum atomic E-state index is -0.563. The molecule has 0 aliphatic heterocycles. The van der Waals surface area contributed by atoms with Crippen LogP contribution in [0.1, 0.15) is 5.56 Å². The smallest absolute Gasteiger partial charge is 0.235 e. The van der Waals surface area contributed by atoms with Gasteiger partial charge < -0.3 is 5.11 Å². The van der Waals surface area contributed by atoms with Crippen LogP contribution in [0.25, 0.3) is 6.08 Å². The Morgan fingerprint density at radius 2 is 2.07 bits per heavy atom. The van der Waals surface area contributed by atoms with Crippen LogP contribution in [0.4, 0.5) is 0 Å². The van der Waals surface area contributed by atoms with Crippen molar-refractivity contribution in [2.45, 2.75) is 0 Å². The zero-order valence-corrected chi connectivity index (χ0v) is 11.1. The molecule has 0 unspecified atom stereocenters. The molecular formula is C8H5I2NO3. The fraction of sp³-hybridized carbons (Fsp3) is 0. The van der Waals surface area contributed by atoms with E-state index in [9.17, 15) is 15.2 Å². The van der Waals surface area contributed by atoms with Gasteiger partial charge in [0.2, 0.25) is 6.20 Å². The third-order valence-corrected chi connectivity index (χ3v) is 2.88. The highest BCUT2D eigenvalue weighted by molar-refractivity contribution is 14.1. The van der Waals surface area contributed by atoms with Crippen molar-refractivity contribution in [3.63, 3.8) is 0 Å². The van der Waals surface area contributed by atoms with E-state index < -0.39 is 4.92 Å². The Bertz CT molecular complexity index is 404. The number of phenols is 1. The fourth-order valence-electron chi connectivity index (χ4n) is 0.854. The second-order valence-electron chi connectivity index (χ2n) is 2.43. The van der Waals surface area contributed by atoms with E-state index in [4.69, 9.17) is 0 Å². The van der Waals surface area contributed by atoms with Gasteiger partial charge in [0.15, 0.2) is 0 Å². The van der Waals surface area contributed by atoms with Crippen molar-refractivity contribution >= 4 is 51.3 Å². The van der Waals surface area contributed by atoms with Crippen LogP contribution in [-0.4, -0.2) is 10.0 Å². The van der Waals surface area contributed by atoms with Crippen LogP contribution in [0.15, 0.2) is 18.3 Å². The van der Waals surface area contributed by atoms with Crippen molar-refractivity contribution in [3.8, 4) is 5.75 Å². The summed E-state index contributed by atoms with van der Waals surface area (Å²) in [4.78, 5) is 9.52. The summed E-state index contributed by atoms with van der Waals surface area (Å²) in [5, 5.41) is 19.6. The number of aromatic hydroxyl groups is 1. The molecule has 1 rings (SSSR count). The van der Waals surface area contributed by atoms with Crippen LogP contribution in [0.5, 0.6) is 5.75 Å². The molecule has 0 spiro atoms. The lowest BCUT2D eigenvalue weighted by molar-refractivity contribution is -0.400. The topological polar surface area (TPSA) is 63.4 Å². The normalized spacial score (nSPS) is 10.7. The largest absolute Gasteiger partial charge is 0.506 e. The summed E-state index contributed by atoms with van der Waals surface area (Å²) in [5.41, 5.74) is 0.456. The van der Waals surface area contributed by atoms with Crippen molar-refractivity contribution in [1.82, 2.24) is 0 Å². The molecule has 0 amide bonds. The summed E-state index contributed by atoms with van der Waals surface area (Å²) >= 11 is 4.06. The lowest BCUT2D eigenvalue weighted by Gasteiger charge is -2.01. The summed E-state index contributed by atoms with van der Waals surface area (Å²) in [6, 6.07) is 3.47. The highest BCUT2D eigenvalue weighted by atomic mass is 127. The zero-order chi connectivity index (χ0) is 10.7. The molecule has 1 aromatic rings. The van der Waals surface area contributed by atoms with E-state index in [2.05, 4.69) is 22.6 Å². The summed E-state index contributed by atoms with van der Waals surface area (Å²) in [6.07, 6.45) is 2.08. The van der Waals surface area contributed by atoms with Gasteiger partial charge in [-0.05, 0) is 57.3 Å². The number of hydrogen-bond acceptors (Lipinski definition) is 3. The summed E-state index contributed by atoms with van der Waals surface area (Å²) < 4.78 is 1.60. The number of phenolic OH excluding ortho intramolecular Hbond substituents is 1. The third-order valence-electron chi connectivity index (χ3n) is 1.43. The minimum Gasteiger partial charge on any atom is -0.506 e. The molecule has 0 saturated heterocycles. The average Bonchev–Trinajstić information content (AvgIpc) is 2.08. The first-order valence-corrected chi connectivity index (χ1v) is 5.66. The highest BCUT2D eigenvalue weighted by Gasteiger charge is 2.05. The molecule has 0 saturated carbocycles.